The third kappa shape index (κ3) is 44.9. The number of amides is 1. The predicted molar refractivity (Wildman–Crippen MR) is 424 cm³/mol. The summed E-state index contributed by atoms with van der Waals surface area (Å²) >= 11 is 0. The molecule has 0 aromatic rings. The molecular weight excluding hydrogens is 1350 g/mol. The molecule has 19 heteroatoms. The lowest BCUT2D eigenvalue weighted by Crippen LogP contribution is -2.66. The minimum atomic E-state index is -1.98. The summed E-state index contributed by atoms with van der Waals surface area (Å²) in [5, 5.41) is 121. The van der Waals surface area contributed by atoms with E-state index in [1.165, 1.54) is 148 Å². The van der Waals surface area contributed by atoms with Crippen LogP contribution in [0, 0.1) is 0 Å². The Morgan fingerprint density at radius 3 is 1.02 bits per heavy atom. The van der Waals surface area contributed by atoms with Crippen LogP contribution >= 0.6 is 0 Å². The van der Waals surface area contributed by atoms with E-state index in [1.807, 2.05) is 6.08 Å². The van der Waals surface area contributed by atoms with Crippen molar-refractivity contribution in [3.05, 3.63) is 122 Å². The van der Waals surface area contributed by atoms with Gasteiger partial charge in [-0.3, -0.25) is 4.79 Å². The Labute approximate surface area is 639 Å². The summed E-state index contributed by atoms with van der Waals surface area (Å²) in [5.74, 6) is -0.278. The third-order valence-corrected chi connectivity index (χ3v) is 20.0. The van der Waals surface area contributed by atoms with Gasteiger partial charge in [0.2, 0.25) is 5.91 Å². The fraction of sp³-hybridized carbons (Fsp3) is 0.759. The smallest absolute Gasteiger partial charge is 0.220 e. The Hall–Kier alpha value is -3.81. The molecule has 0 spiro atoms. The lowest BCUT2D eigenvalue weighted by atomic mass is 9.96. The zero-order chi connectivity index (χ0) is 76.7. The summed E-state index contributed by atoms with van der Waals surface area (Å²) < 4.78 is 34.5. The van der Waals surface area contributed by atoms with Crippen LogP contribution in [-0.2, 0) is 33.2 Å². The van der Waals surface area contributed by atoms with Crippen molar-refractivity contribution in [1.82, 2.24) is 5.32 Å². The van der Waals surface area contributed by atoms with Gasteiger partial charge in [0.15, 0.2) is 18.9 Å². The van der Waals surface area contributed by atoms with Gasteiger partial charge in [0.05, 0.1) is 38.6 Å². The van der Waals surface area contributed by atoms with Crippen molar-refractivity contribution in [1.29, 1.82) is 0 Å². The number of hydrogen-bond acceptors (Lipinski definition) is 18. The highest BCUT2D eigenvalue weighted by molar-refractivity contribution is 5.76. The lowest BCUT2D eigenvalue weighted by Gasteiger charge is -2.48. The predicted octanol–water partition coefficient (Wildman–Crippen LogP) is 14.7. The molecule has 610 valence electrons. The highest BCUT2D eigenvalue weighted by Crippen LogP contribution is 2.33. The molecule has 3 heterocycles. The van der Waals surface area contributed by atoms with Gasteiger partial charge in [-0.05, 0) is 89.9 Å². The Bertz CT molecular complexity index is 2390. The van der Waals surface area contributed by atoms with Gasteiger partial charge < -0.3 is 89.9 Å². The number of ether oxygens (including phenoxy) is 6. The molecule has 3 saturated heterocycles. The zero-order valence-electron chi connectivity index (χ0n) is 65.4. The summed E-state index contributed by atoms with van der Waals surface area (Å²) in [6.07, 6.45) is 66.1. The van der Waals surface area contributed by atoms with E-state index in [4.69, 9.17) is 28.4 Å². The Morgan fingerprint density at radius 1 is 0.349 bits per heavy atom. The molecule has 3 aliphatic heterocycles. The number of carbonyl (C=O) groups excluding carboxylic acids is 1. The van der Waals surface area contributed by atoms with Gasteiger partial charge in [0.25, 0.3) is 0 Å². The van der Waals surface area contributed by atoms with Gasteiger partial charge in [0.1, 0.15) is 73.2 Å². The summed E-state index contributed by atoms with van der Waals surface area (Å²) in [6, 6.07) is -0.982. The van der Waals surface area contributed by atoms with Crippen molar-refractivity contribution in [2.75, 3.05) is 26.4 Å². The van der Waals surface area contributed by atoms with Gasteiger partial charge in [-0.2, -0.15) is 0 Å². The minimum Gasteiger partial charge on any atom is -0.394 e. The molecule has 17 atom stereocenters. The van der Waals surface area contributed by atoms with Crippen LogP contribution < -0.4 is 5.32 Å². The molecule has 0 aliphatic carbocycles. The average Bonchev–Trinajstić information content (AvgIpc) is 0.780. The number of hydrogen-bond donors (Lipinski definition) is 12. The van der Waals surface area contributed by atoms with Gasteiger partial charge in [0, 0.05) is 6.42 Å². The number of unbranched alkanes of at least 4 members (excludes halogenated alkanes) is 31. The Kier molecular flexibility index (Phi) is 59.9. The van der Waals surface area contributed by atoms with Gasteiger partial charge >= 0.3 is 0 Å². The first-order chi connectivity index (χ1) is 51.8. The second-order valence-corrected chi connectivity index (χ2v) is 29.2. The van der Waals surface area contributed by atoms with Crippen molar-refractivity contribution < 1.29 is 89.4 Å². The first kappa shape index (κ1) is 96.4. The molecule has 1 amide bonds. The molecule has 3 fully saturated rings. The molecule has 3 rings (SSSR count). The van der Waals surface area contributed by atoms with E-state index in [9.17, 15) is 61.0 Å². The van der Waals surface area contributed by atoms with Crippen LogP contribution in [0.1, 0.15) is 290 Å². The fourth-order valence-electron chi connectivity index (χ4n) is 13.4. The van der Waals surface area contributed by atoms with E-state index in [0.717, 1.165) is 116 Å². The second-order valence-electron chi connectivity index (χ2n) is 29.2. The summed E-state index contributed by atoms with van der Waals surface area (Å²) in [5.41, 5.74) is 0. The molecule has 0 aromatic carbocycles. The first-order valence-electron chi connectivity index (χ1n) is 41.8. The van der Waals surface area contributed by atoms with E-state index in [1.54, 1.807) is 6.08 Å². The summed E-state index contributed by atoms with van der Waals surface area (Å²) in [6.45, 7) is 1.64. The van der Waals surface area contributed by atoms with Crippen molar-refractivity contribution in [3.63, 3.8) is 0 Å². The van der Waals surface area contributed by atoms with Crippen LogP contribution in [0.15, 0.2) is 122 Å². The largest absolute Gasteiger partial charge is 0.394 e. The molecule has 0 radical (unpaired) electrons. The van der Waals surface area contributed by atoms with Crippen LogP contribution in [-0.4, -0.2) is 193 Å². The molecule has 0 bridgehead atoms. The molecule has 19 nitrogen and oxygen atoms in total. The fourth-order valence-corrected chi connectivity index (χ4v) is 13.4. The van der Waals surface area contributed by atoms with Crippen LogP contribution in [0.3, 0.4) is 0 Å². The number of aliphatic hydroxyl groups excluding tert-OH is 11. The summed E-state index contributed by atoms with van der Waals surface area (Å²) in [7, 11) is 0. The number of nitrogens with one attached hydrogen (secondary N) is 1. The zero-order valence-corrected chi connectivity index (χ0v) is 65.4. The Morgan fingerprint density at radius 2 is 0.651 bits per heavy atom. The highest BCUT2D eigenvalue weighted by atomic mass is 16.8. The lowest BCUT2D eigenvalue weighted by molar-refractivity contribution is -0.379. The number of rotatable bonds is 65. The van der Waals surface area contributed by atoms with Crippen LogP contribution in [0.2, 0.25) is 0 Å². The monoisotopic (exact) mass is 1500 g/mol. The van der Waals surface area contributed by atoms with Crippen molar-refractivity contribution in [2.45, 2.75) is 394 Å². The van der Waals surface area contributed by atoms with E-state index >= 15 is 0 Å². The van der Waals surface area contributed by atoms with Crippen molar-refractivity contribution in [3.8, 4) is 0 Å². The topological polar surface area (TPSA) is 307 Å². The van der Waals surface area contributed by atoms with Crippen molar-refractivity contribution in [2.24, 2.45) is 0 Å². The third-order valence-electron chi connectivity index (χ3n) is 20.0. The quantitative estimate of drug-likeness (QED) is 0.0199. The van der Waals surface area contributed by atoms with Crippen LogP contribution in [0.25, 0.3) is 0 Å². The normalized spacial score (nSPS) is 26.3. The molecule has 3 aliphatic rings. The minimum absolute atomic E-state index is 0.236. The molecule has 0 saturated carbocycles. The molecule has 0 aromatic heterocycles. The van der Waals surface area contributed by atoms with E-state index in [2.05, 4.69) is 129 Å². The maximum absolute atomic E-state index is 13.5. The van der Waals surface area contributed by atoms with Crippen LogP contribution in [0.4, 0.5) is 0 Å². The molecule has 106 heavy (non-hydrogen) atoms. The van der Waals surface area contributed by atoms with E-state index < -0.39 is 124 Å². The first-order valence-corrected chi connectivity index (χ1v) is 41.8. The maximum Gasteiger partial charge on any atom is 0.220 e. The SMILES string of the molecule is CC/C=C\C/C=C\C/C=C\C/C=C\C/C=C\C/C=C\C/C=C\C/C=C\C/C=C\CCCCCCCCCCCCCCCC(=O)NC(COC1OC(CO)C(OC2OC(CO)C(OC3OC(CO)C(O)C(O)C3O)C(O)C2O)C(O)C1O)C(O)/C=C/CCCCCCCCCCCCCCCCCCCC. The summed E-state index contributed by atoms with van der Waals surface area (Å²) in [4.78, 5) is 13.5. The number of aliphatic hydroxyl groups is 11. The van der Waals surface area contributed by atoms with E-state index in [0.29, 0.717) is 6.42 Å². The maximum atomic E-state index is 13.5. The van der Waals surface area contributed by atoms with Gasteiger partial charge in [-0.1, -0.05) is 315 Å². The molecule has 12 N–H and O–H groups in total. The molecule has 17 unspecified atom stereocenters. The number of allylic oxidation sites excluding steroid dienone is 19. The van der Waals surface area contributed by atoms with Crippen molar-refractivity contribution >= 4 is 5.91 Å². The Balaban J connectivity index is 1.33. The standard InChI is InChI=1S/C87H149NO18/c1-3-5-7-9-11-13-15-17-19-21-23-25-26-27-28-29-30-31-32-33-34-35-36-37-38-39-40-41-42-43-44-45-47-49-51-53-55-57-59-61-63-65-75(93)88-70(71(92)64-62-60-58-56-54-52-50-48-46-24-22-20-18-16-14-12-10-8-6-4-2)69-101-85-81(99)78(96)83(73(67-90)103-85)106-87-82(100)79(97)84(74(68-91)104-87)105-86-80(98)77(95)76(94)72(66-89)102-86/h5,7,11,13,17,19,23,25,27-28,30-31,33-34,36-37,39-40,62,64,70-74,76-87,89-92,94-100H,3-4,6,8-10,12,14-16,18,20-22,24,26,29,32,35,38,41-61,63,65-69H2,1-2H3,(H,88,93)/b7-5-,13-11-,19-17-,25-23-,28-27-,31-30-,34-33-,37-36-,40-39-,64-62+. The van der Waals surface area contributed by atoms with Gasteiger partial charge in [-0.15, -0.1) is 0 Å². The van der Waals surface area contributed by atoms with Gasteiger partial charge in [-0.25, -0.2) is 0 Å². The second kappa shape index (κ2) is 65.9. The van der Waals surface area contributed by atoms with E-state index in [-0.39, 0.29) is 18.9 Å². The molecular formula is C87H149NO18. The van der Waals surface area contributed by atoms with Crippen LogP contribution in [0.5, 0.6) is 0 Å². The number of carbonyl (C=O) groups is 1. The highest BCUT2D eigenvalue weighted by Gasteiger charge is 2.54. The average molecular weight is 1500 g/mol.